The highest BCUT2D eigenvalue weighted by Crippen LogP contribution is 2.21. The molecule has 0 saturated carbocycles. The molecule has 37 heteroatoms. The average molecular weight is 1320 g/mol. The minimum Gasteiger partial charge on any atom is -0.508 e. The van der Waals surface area contributed by atoms with Crippen LogP contribution < -0.4 is 70.4 Å². The first-order valence-electron chi connectivity index (χ1n) is 29.7. The van der Waals surface area contributed by atoms with Crippen LogP contribution >= 0.6 is 0 Å². The summed E-state index contributed by atoms with van der Waals surface area (Å²) in [6, 6.07) is -14.4. The van der Waals surface area contributed by atoms with Crippen LogP contribution in [0, 0.1) is 11.8 Å². The smallest absolute Gasteiger partial charge is 0.325 e. The summed E-state index contributed by atoms with van der Waals surface area (Å²) >= 11 is 0. The van der Waals surface area contributed by atoms with Gasteiger partial charge in [-0.1, -0.05) is 46.2 Å². The van der Waals surface area contributed by atoms with Gasteiger partial charge in [0, 0.05) is 25.9 Å². The van der Waals surface area contributed by atoms with Crippen molar-refractivity contribution in [2.24, 2.45) is 34.0 Å². The van der Waals surface area contributed by atoms with Gasteiger partial charge in [-0.25, -0.2) is 0 Å². The van der Waals surface area contributed by atoms with Crippen molar-refractivity contribution < 1.29 is 108 Å². The van der Waals surface area contributed by atoms with E-state index in [1.807, 2.05) is 0 Å². The Kier molecular flexibility index (Phi) is 34.2. The molecule has 37 nitrogen and oxygen atoms in total. The van der Waals surface area contributed by atoms with Crippen LogP contribution in [-0.2, 0) is 73.5 Å². The number of nitrogens with one attached hydrogen (secondary N) is 10. The van der Waals surface area contributed by atoms with Crippen molar-refractivity contribution in [3.8, 4) is 5.75 Å². The van der Waals surface area contributed by atoms with Crippen LogP contribution in [0.5, 0.6) is 5.75 Å². The molecule has 13 atom stereocenters. The number of phenolic OH excluding ortho intramolecular Hbond substituents is 1. The number of carbonyl (C=O) groups excluding carboxylic acids is 11. The van der Waals surface area contributed by atoms with Crippen LogP contribution in [0.2, 0.25) is 0 Å². The van der Waals surface area contributed by atoms with Crippen molar-refractivity contribution in [2.75, 3.05) is 39.5 Å². The van der Waals surface area contributed by atoms with E-state index in [9.17, 15) is 103 Å². The van der Waals surface area contributed by atoms with Crippen molar-refractivity contribution in [3.63, 3.8) is 0 Å². The first kappa shape index (κ1) is 79.8. The van der Waals surface area contributed by atoms with Gasteiger partial charge in [0.15, 0.2) is 5.96 Å². The van der Waals surface area contributed by atoms with Crippen molar-refractivity contribution in [2.45, 2.75) is 171 Å². The van der Waals surface area contributed by atoms with E-state index in [-0.39, 0.29) is 69.7 Å². The van der Waals surface area contributed by atoms with Crippen LogP contribution in [0.3, 0.4) is 0 Å². The molecule has 0 spiro atoms. The Morgan fingerprint density at radius 1 is 0.570 bits per heavy atom. The number of aliphatic hydroxyl groups excluding tert-OH is 4. The molecule has 93 heavy (non-hydrogen) atoms. The van der Waals surface area contributed by atoms with Crippen LogP contribution in [0.25, 0.3) is 0 Å². The summed E-state index contributed by atoms with van der Waals surface area (Å²) in [7, 11) is 0. The standard InChI is InChI=1S/C56H89N15O22/c1-6-27(4)43(70-52(89)40-10-8-18-71(40)54(91)39(25-75)69-51(88)37(23-73)67-46(83)33(15-16-41(77)78)62-44(81)31(57)22-72)53(90)68-38(24-74)50(87)64-34(19-26(2)3)47(84)66-36(21-42(79)80)49(86)65-35(20-29-11-13-30(76)14-12-29)48(85)63-32(9-7-17-60-56(58)59)45(82)61-28(5)55(92)93/h11-14,26-28,31-40,43,72-76H,6-10,15-25,57H2,1-5H3,(H,61,82)(H,62,81)(H,63,85)(H,64,87)(H,65,86)(H,66,84)(H,67,83)(H,68,90)(H,69,88)(H,70,89)(H,77,78)(H,79,80)(H,92,93)(H4,58,59,60)/t27-,28-,31-,32-,33-,34-,35-,36-,37-,38-,39-,40-,43-/m0/s1. The Balaban J connectivity index is 2.37. The van der Waals surface area contributed by atoms with Gasteiger partial charge in [-0.2, -0.15) is 0 Å². The number of aromatic hydroxyl groups is 1. The Hall–Kier alpha value is -9.33. The first-order chi connectivity index (χ1) is 43.7. The van der Waals surface area contributed by atoms with Gasteiger partial charge in [0.1, 0.15) is 78.3 Å². The number of aliphatic hydroxyl groups is 4. The van der Waals surface area contributed by atoms with Crippen LogP contribution in [0.1, 0.15) is 98.0 Å². The molecule has 2 rings (SSSR count). The molecular weight excluding hydrogens is 1230 g/mol. The number of amides is 11. The molecule has 1 aliphatic heterocycles. The minimum absolute atomic E-state index is 0.00984. The zero-order valence-electron chi connectivity index (χ0n) is 52.1. The highest BCUT2D eigenvalue weighted by Gasteiger charge is 2.42. The molecule has 1 aromatic carbocycles. The number of aliphatic carboxylic acids is 3. The normalized spacial score (nSPS) is 16.6. The number of hydrogen-bond donors (Lipinski definition) is 21. The van der Waals surface area contributed by atoms with Crippen LogP contribution in [0.4, 0.5) is 0 Å². The fourth-order valence-corrected chi connectivity index (χ4v) is 9.13. The lowest BCUT2D eigenvalue weighted by molar-refractivity contribution is -0.144. The van der Waals surface area contributed by atoms with Crippen LogP contribution in [-0.4, -0.2) is 247 Å². The zero-order chi connectivity index (χ0) is 70.4. The van der Waals surface area contributed by atoms with Gasteiger partial charge in [0.05, 0.1) is 32.8 Å². The van der Waals surface area contributed by atoms with Gasteiger partial charge in [0.25, 0.3) is 0 Å². The SMILES string of the molecule is CC[C@H](C)[C@H](NC(=O)[C@@H]1CCCN1C(=O)[C@H](CO)NC(=O)[C@H](CO)NC(=O)[C@H](CCC(=O)O)NC(=O)[C@@H](N)CO)C(=O)N[C@@H](CO)C(=O)N[C@@H](CC(C)C)C(=O)N[C@@H](CC(=O)O)C(=O)N[C@@H](Cc1ccc(O)cc1)C(=O)N[C@@H](CCCN=C(N)N)C(=O)N[C@@H](C)C(=O)O. The molecule has 1 saturated heterocycles. The molecule has 0 unspecified atom stereocenters. The highest BCUT2D eigenvalue weighted by molar-refractivity contribution is 6.00. The number of nitrogens with two attached hydrogens (primary N) is 3. The first-order valence-corrected chi connectivity index (χ1v) is 29.7. The van der Waals surface area contributed by atoms with Gasteiger partial charge in [-0.3, -0.25) is 72.1 Å². The molecule has 0 aromatic heterocycles. The molecule has 0 radical (unpaired) electrons. The van der Waals surface area contributed by atoms with E-state index in [1.54, 1.807) is 27.7 Å². The van der Waals surface area contributed by atoms with E-state index in [0.717, 1.165) is 11.8 Å². The molecule has 0 aliphatic carbocycles. The Morgan fingerprint density at radius 2 is 1.04 bits per heavy atom. The second-order valence-corrected chi connectivity index (χ2v) is 22.4. The van der Waals surface area contributed by atoms with E-state index in [0.29, 0.717) is 5.56 Å². The second-order valence-electron chi connectivity index (χ2n) is 22.4. The topological polar surface area (TPSA) is 615 Å². The summed E-state index contributed by atoms with van der Waals surface area (Å²) in [5.74, 6) is -18.0. The predicted octanol–water partition coefficient (Wildman–Crippen LogP) is -8.34. The van der Waals surface area contributed by atoms with Gasteiger partial charge < -0.3 is 116 Å². The number of hydrogen-bond acceptors (Lipinski definition) is 21. The molecule has 1 aromatic rings. The van der Waals surface area contributed by atoms with Gasteiger partial charge in [0.2, 0.25) is 65.0 Å². The van der Waals surface area contributed by atoms with Gasteiger partial charge in [-0.05, 0) is 75.0 Å². The van der Waals surface area contributed by atoms with E-state index < -0.39 is 213 Å². The number of rotatable bonds is 41. The summed E-state index contributed by atoms with van der Waals surface area (Å²) in [6.07, 6.45) is -2.56. The maximum atomic E-state index is 14.1. The fraction of sp³-hybridized carbons (Fsp3) is 0.625. The third-order valence-electron chi connectivity index (χ3n) is 14.5. The van der Waals surface area contributed by atoms with Crippen molar-refractivity contribution in [1.29, 1.82) is 0 Å². The fourth-order valence-electron chi connectivity index (χ4n) is 9.13. The number of carbonyl (C=O) groups is 14. The number of carboxylic acids is 3. The van der Waals surface area contributed by atoms with E-state index in [1.165, 1.54) is 24.3 Å². The Morgan fingerprint density at radius 3 is 1.57 bits per heavy atom. The predicted molar refractivity (Wildman–Crippen MR) is 323 cm³/mol. The average Bonchev–Trinajstić information content (AvgIpc) is 1.81. The lowest BCUT2D eigenvalue weighted by Crippen LogP contribution is -2.62. The molecule has 1 heterocycles. The number of likely N-dealkylation sites (tertiary alicyclic amines) is 1. The number of phenols is 1. The third kappa shape index (κ3) is 27.2. The number of benzene rings is 1. The summed E-state index contributed by atoms with van der Waals surface area (Å²) in [6.45, 7) is 3.32. The van der Waals surface area contributed by atoms with Crippen molar-refractivity contribution >= 4 is 88.8 Å². The van der Waals surface area contributed by atoms with E-state index in [4.69, 9.17) is 22.3 Å². The second kappa shape index (κ2) is 39.8. The van der Waals surface area contributed by atoms with Crippen molar-refractivity contribution in [3.05, 3.63) is 29.8 Å². The largest absolute Gasteiger partial charge is 0.508 e. The molecule has 1 aliphatic rings. The van der Waals surface area contributed by atoms with Crippen molar-refractivity contribution in [1.82, 2.24) is 58.1 Å². The quantitative estimate of drug-likeness (QED) is 0.0164. The molecule has 11 amide bonds. The Bertz CT molecular complexity index is 2810. The molecule has 0 bridgehead atoms. The van der Waals surface area contributed by atoms with Crippen LogP contribution in [0.15, 0.2) is 29.3 Å². The summed E-state index contributed by atoms with van der Waals surface area (Å²) < 4.78 is 0. The summed E-state index contributed by atoms with van der Waals surface area (Å²) in [5.41, 5.74) is 16.6. The third-order valence-corrected chi connectivity index (χ3v) is 14.5. The molecule has 520 valence electrons. The Labute approximate surface area is 533 Å². The highest BCUT2D eigenvalue weighted by atomic mass is 16.4. The number of carboxylic acid groups (broad SMARTS) is 3. The molecule has 1 fully saturated rings. The summed E-state index contributed by atoms with van der Waals surface area (Å²) in [5, 5.41) is 102. The number of guanidine groups is 1. The zero-order valence-corrected chi connectivity index (χ0v) is 52.1. The maximum absolute atomic E-state index is 14.1. The van der Waals surface area contributed by atoms with E-state index >= 15 is 0 Å². The lowest BCUT2D eigenvalue weighted by atomic mass is 9.97. The number of nitrogens with zero attached hydrogens (tertiary/aromatic N) is 2. The van der Waals surface area contributed by atoms with Gasteiger partial charge in [-0.15, -0.1) is 0 Å². The monoisotopic (exact) mass is 1320 g/mol. The molecular formula is C56H89N15O22. The van der Waals surface area contributed by atoms with E-state index in [2.05, 4.69) is 58.2 Å². The summed E-state index contributed by atoms with van der Waals surface area (Å²) in [4.78, 5) is 191. The van der Waals surface area contributed by atoms with Gasteiger partial charge >= 0.3 is 17.9 Å². The molecule has 24 N–H and O–H groups in total. The lowest BCUT2D eigenvalue weighted by Gasteiger charge is -2.31. The number of aliphatic imine (C=N–C) groups is 1. The minimum atomic E-state index is -1.99. The maximum Gasteiger partial charge on any atom is 0.325 e.